The van der Waals surface area contributed by atoms with E-state index in [0.717, 1.165) is 22.1 Å². The molecule has 0 spiro atoms. The van der Waals surface area contributed by atoms with Crippen LogP contribution in [-0.2, 0) is 15.7 Å². The Kier molecular flexibility index (Phi) is 7.12. The molecule has 0 amide bonds. The van der Waals surface area contributed by atoms with Crippen LogP contribution in [0.4, 0.5) is 0 Å². The second kappa shape index (κ2) is 8.12. The Morgan fingerprint density at radius 3 is 3.00 bits per heavy atom. The minimum Gasteiger partial charge on any atom is -0.274 e. The van der Waals surface area contributed by atoms with Gasteiger partial charge in [0.1, 0.15) is 6.61 Å². The van der Waals surface area contributed by atoms with Gasteiger partial charge in [0, 0.05) is 3.57 Å². The molecule has 0 heterocycles. The van der Waals surface area contributed by atoms with Crippen molar-refractivity contribution in [2.75, 3.05) is 12.8 Å². The summed E-state index contributed by atoms with van der Waals surface area (Å²) >= 11 is 2.25. The van der Waals surface area contributed by atoms with Crippen LogP contribution in [0.25, 0.3) is 0 Å². The summed E-state index contributed by atoms with van der Waals surface area (Å²) in [5, 5.41) is 3.07. The number of rotatable bonds is 7. The number of hydrogen-bond acceptors (Lipinski definition) is 3. The zero-order chi connectivity index (χ0) is 11.8. The van der Waals surface area contributed by atoms with Gasteiger partial charge >= 0.3 is 8.03 Å². The summed E-state index contributed by atoms with van der Waals surface area (Å²) in [4.78, 5) is 0. The molecule has 1 aromatic carbocycles. The lowest BCUT2D eigenvalue weighted by Crippen LogP contribution is -2.13. The molecule has 0 saturated carbocycles. The topological polar surface area (TPSA) is 38.3 Å². The van der Waals surface area contributed by atoms with Crippen LogP contribution in [0.2, 0.25) is 0 Å². The highest BCUT2D eigenvalue weighted by Gasteiger charge is 2.16. The van der Waals surface area contributed by atoms with Crippen LogP contribution in [0.15, 0.2) is 24.3 Å². The first kappa shape index (κ1) is 14.0. The van der Waals surface area contributed by atoms with Gasteiger partial charge in [0.25, 0.3) is 0 Å². The van der Waals surface area contributed by atoms with Gasteiger partial charge in [-0.2, -0.15) is 0 Å². The standard InChI is InChI=1S/C11H16INO2P/c1-2-6-13-9-16(14)15-8-10-4-3-5-11(12)7-10/h3-5,7,13H,2,6,8-9H2,1H3/q+1. The van der Waals surface area contributed by atoms with Gasteiger partial charge in [0.2, 0.25) is 6.29 Å². The molecule has 3 nitrogen and oxygen atoms in total. The van der Waals surface area contributed by atoms with Crippen LogP contribution in [-0.4, -0.2) is 12.8 Å². The van der Waals surface area contributed by atoms with Gasteiger partial charge in [-0.3, -0.25) is 5.32 Å². The highest BCUT2D eigenvalue weighted by molar-refractivity contribution is 14.1. The molecule has 88 valence electrons. The Bertz CT molecular complexity index is 347. The third-order valence-corrected chi connectivity index (χ3v) is 3.50. The summed E-state index contributed by atoms with van der Waals surface area (Å²) in [6.45, 7) is 3.38. The fraction of sp³-hybridized carbons (Fsp3) is 0.455. The monoisotopic (exact) mass is 352 g/mol. The molecule has 1 aromatic rings. The molecule has 1 N–H and O–H groups in total. The van der Waals surface area contributed by atoms with Crippen LogP contribution < -0.4 is 5.32 Å². The fourth-order valence-corrected chi connectivity index (χ4v) is 2.50. The quantitative estimate of drug-likeness (QED) is 0.464. The number of benzene rings is 1. The Hall–Kier alpha value is -0.0300. The van der Waals surface area contributed by atoms with Crippen LogP contribution in [0.1, 0.15) is 18.9 Å². The molecular formula is C11H16INO2P+. The van der Waals surface area contributed by atoms with E-state index < -0.39 is 8.03 Å². The van der Waals surface area contributed by atoms with Crippen molar-refractivity contribution in [2.45, 2.75) is 20.0 Å². The summed E-state index contributed by atoms with van der Waals surface area (Å²) < 4.78 is 17.9. The first-order valence-electron chi connectivity index (χ1n) is 5.25. The Labute approximate surface area is 111 Å². The maximum absolute atomic E-state index is 11.4. The van der Waals surface area contributed by atoms with E-state index in [1.165, 1.54) is 0 Å². The van der Waals surface area contributed by atoms with Gasteiger partial charge in [-0.1, -0.05) is 19.1 Å². The largest absolute Gasteiger partial charge is 0.524 e. The molecule has 1 atom stereocenters. The molecule has 16 heavy (non-hydrogen) atoms. The van der Waals surface area contributed by atoms with E-state index in [1.54, 1.807) is 0 Å². The van der Waals surface area contributed by atoms with Gasteiger partial charge in [-0.15, -0.1) is 4.52 Å². The van der Waals surface area contributed by atoms with Crippen molar-refractivity contribution < 1.29 is 9.09 Å². The molecule has 0 saturated heterocycles. The second-order valence-electron chi connectivity index (χ2n) is 3.39. The molecule has 0 aromatic heterocycles. The van der Waals surface area contributed by atoms with Crippen molar-refractivity contribution in [2.24, 2.45) is 0 Å². The minimum absolute atomic E-state index is 0.417. The summed E-state index contributed by atoms with van der Waals surface area (Å²) in [6, 6.07) is 8.00. The molecule has 0 aliphatic heterocycles. The van der Waals surface area contributed by atoms with Gasteiger partial charge < -0.3 is 0 Å². The summed E-state index contributed by atoms with van der Waals surface area (Å²) in [6.07, 6.45) is 1.48. The molecule has 0 aliphatic rings. The van der Waals surface area contributed by atoms with Crippen molar-refractivity contribution in [1.29, 1.82) is 0 Å². The van der Waals surface area contributed by atoms with E-state index in [1.807, 2.05) is 24.3 Å². The van der Waals surface area contributed by atoms with E-state index in [4.69, 9.17) is 4.52 Å². The van der Waals surface area contributed by atoms with E-state index >= 15 is 0 Å². The molecule has 0 bridgehead atoms. The predicted molar refractivity (Wildman–Crippen MR) is 74.7 cm³/mol. The molecule has 1 unspecified atom stereocenters. The molecule has 0 fully saturated rings. The molecular weight excluding hydrogens is 336 g/mol. The van der Waals surface area contributed by atoms with Crippen LogP contribution >= 0.6 is 30.6 Å². The third-order valence-electron chi connectivity index (χ3n) is 1.93. The highest BCUT2D eigenvalue weighted by Crippen LogP contribution is 2.22. The van der Waals surface area contributed by atoms with Gasteiger partial charge in [0.05, 0.1) is 0 Å². The number of halogens is 1. The first-order valence-corrected chi connectivity index (χ1v) is 7.69. The Morgan fingerprint density at radius 2 is 2.31 bits per heavy atom. The van der Waals surface area contributed by atoms with Crippen LogP contribution in [0.5, 0.6) is 0 Å². The maximum Gasteiger partial charge on any atom is 0.524 e. The molecule has 1 rings (SSSR count). The second-order valence-corrected chi connectivity index (χ2v) is 5.88. The van der Waals surface area contributed by atoms with Crippen LogP contribution in [0, 0.1) is 3.57 Å². The molecule has 0 radical (unpaired) electrons. The SMILES string of the molecule is CCCNC[P+](=O)OCc1cccc(I)c1. The summed E-state index contributed by atoms with van der Waals surface area (Å²) in [5.41, 5.74) is 1.06. The van der Waals surface area contributed by atoms with Crippen molar-refractivity contribution in [3.63, 3.8) is 0 Å². The lowest BCUT2D eigenvalue weighted by Gasteiger charge is -1.97. The Morgan fingerprint density at radius 1 is 1.50 bits per heavy atom. The van der Waals surface area contributed by atoms with E-state index in [9.17, 15) is 4.57 Å². The van der Waals surface area contributed by atoms with Crippen molar-refractivity contribution >= 4 is 30.6 Å². The van der Waals surface area contributed by atoms with Crippen molar-refractivity contribution in [3.8, 4) is 0 Å². The smallest absolute Gasteiger partial charge is 0.274 e. The lowest BCUT2D eigenvalue weighted by molar-refractivity contribution is 0.317. The average Bonchev–Trinajstić information content (AvgIpc) is 2.27. The predicted octanol–water partition coefficient (Wildman–Crippen LogP) is 3.51. The third kappa shape index (κ3) is 5.89. The first-order chi connectivity index (χ1) is 7.72. The Balaban J connectivity index is 2.26. The van der Waals surface area contributed by atoms with E-state index in [-0.39, 0.29) is 0 Å². The summed E-state index contributed by atoms with van der Waals surface area (Å²) in [7, 11) is -1.59. The highest BCUT2D eigenvalue weighted by atomic mass is 127. The zero-order valence-corrected chi connectivity index (χ0v) is 12.3. The van der Waals surface area contributed by atoms with Crippen molar-refractivity contribution in [1.82, 2.24) is 5.32 Å². The average molecular weight is 352 g/mol. The maximum atomic E-state index is 11.4. The molecule has 5 heteroatoms. The van der Waals surface area contributed by atoms with Gasteiger partial charge in [-0.05, 0) is 57.8 Å². The van der Waals surface area contributed by atoms with Crippen molar-refractivity contribution in [3.05, 3.63) is 33.4 Å². The van der Waals surface area contributed by atoms with Crippen LogP contribution in [0.3, 0.4) is 0 Å². The normalized spacial score (nSPS) is 11.5. The number of hydrogen-bond donors (Lipinski definition) is 1. The number of nitrogens with one attached hydrogen (secondary N) is 1. The van der Waals surface area contributed by atoms with Gasteiger partial charge in [-0.25, -0.2) is 0 Å². The van der Waals surface area contributed by atoms with E-state index in [2.05, 4.69) is 34.8 Å². The lowest BCUT2D eigenvalue weighted by atomic mass is 10.2. The zero-order valence-electron chi connectivity index (χ0n) is 9.28. The summed E-state index contributed by atoms with van der Waals surface area (Å²) in [5.74, 6) is 0. The van der Waals surface area contributed by atoms with Gasteiger partial charge in [0.15, 0.2) is 0 Å². The molecule has 0 aliphatic carbocycles. The minimum atomic E-state index is -1.59. The fourth-order valence-electron chi connectivity index (χ4n) is 1.17. The van der Waals surface area contributed by atoms with E-state index in [0.29, 0.717) is 12.9 Å².